The van der Waals surface area contributed by atoms with Crippen molar-refractivity contribution in [3.63, 3.8) is 0 Å². The zero-order chi connectivity index (χ0) is 11.5. The molecule has 1 fully saturated rings. The van der Waals surface area contributed by atoms with Crippen LogP contribution in [0.25, 0.3) is 0 Å². The van der Waals surface area contributed by atoms with Gasteiger partial charge >= 0.3 is 0 Å². The fourth-order valence-electron chi connectivity index (χ4n) is 2.14. The van der Waals surface area contributed by atoms with Crippen molar-refractivity contribution >= 4 is 11.3 Å². The molecule has 2 rings (SSSR count). The van der Waals surface area contributed by atoms with Crippen LogP contribution in [0.1, 0.15) is 24.5 Å². The highest BCUT2D eigenvalue weighted by Crippen LogP contribution is 2.13. The summed E-state index contributed by atoms with van der Waals surface area (Å²) in [5, 5.41) is 6.93. The lowest BCUT2D eigenvalue weighted by molar-refractivity contribution is 0.167. The Bertz CT molecular complexity index is 335. The van der Waals surface area contributed by atoms with Gasteiger partial charge in [0.15, 0.2) is 0 Å². The van der Waals surface area contributed by atoms with E-state index in [1.54, 1.807) is 11.3 Å². The summed E-state index contributed by atoms with van der Waals surface area (Å²) in [4.78, 5) is 7.04. The first-order valence-electron chi connectivity index (χ1n) is 6.02. The number of hydrogen-bond acceptors (Lipinski definition) is 4. The minimum absolute atomic E-state index is 0.633. The Labute approximate surface area is 102 Å². The zero-order valence-corrected chi connectivity index (χ0v) is 11.2. The van der Waals surface area contributed by atoms with E-state index in [9.17, 15) is 0 Å². The Morgan fingerprint density at radius 2 is 2.44 bits per heavy atom. The topological polar surface area (TPSA) is 28.2 Å². The number of nitrogens with one attached hydrogen (secondary N) is 1. The molecule has 1 unspecified atom stereocenters. The van der Waals surface area contributed by atoms with Crippen LogP contribution in [0, 0.1) is 12.8 Å². The highest BCUT2D eigenvalue weighted by molar-refractivity contribution is 7.09. The number of thiazole rings is 1. The van der Waals surface area contributed by atoms with Crippen molar-refractivity contribution < 1.29 is 0 Å². The van der Waals surface area contributed by atoms with Crippen molar-refractivity contribution in [2.45, 2.75) is 33.4 Å². The Morgan fingerprint density at radius 3 is 3.06 bits per heavy atom. The third-order valence-corrected chi connectivity index (χ3v) is 3.97. The molecule has 1 aliphatic rings. The Hall–Kier alpha value is -0.450. The minimum atomic E-state index is 0.633. The molecule has 1 N–H and O–H groups in total. The van der Waals surface area contributed by atoms with E-state index in [0.717, 1.165) is 26.2 Å². The van der Waals surface area contributed by atoms with Crippen LogP contribution < -0.4 is 5.32 Å². The second kappa shape index (κ2) is 5.25. The summed E-state index contributed by atoms with van der Waals surface area (Å²) in [5.41, 5.74) is 1.23. The minimum Gasteiger partial charge on any atom is -0.311 e. The summed E-state index contributed by atoms with van der Waals surface area (Å²) in [7, 11) is 0. The van der Waals surface area contributed by atoms with Crippen LogP contribution in [-0.2, 0) is 6.54 Å². The zero-order valence-electron chi connectivity index (χ0n) is 10.4. The molecular weight excluding hydrogens is 218 g/mol. The summed E-state index contributed by atoms with van der Waals surface area (Å²) in [6.45, 7) is 11.0. The molecule has 3 nitrogen and oxygen atoms in total. The average molecular weight is 239 g/mol. The summed E-state index contributed by atoms with van der Waals surface area (Å²) in [5.74, 6) is 0.708. The Balaban J connectivity index is 1.90. The molecule has 4 heteroatoms. The van der Waals surface area contributed by atoms with Crippen LogP contribution in [0.15, 0.2) is 5.38 Å². The summed E-state index contributed by atoms with van der Waals surface area (Å²) in [6, 6.07) is 0.633. The van der Waals surface area contributed by atoms with Crippen molar-refractivity contribution in [3.05, 3.63) is 16.1 Å². The van der Waals surface area contributed by atoms with E-state index in [1.807, 2.05) is 0 Å². The molecule has 1 atom stereocenters. The number of rotatable bonds is 3. The largest absolute Gasteiger partial charge is 0.311 e. The number of nitrogens with zero attached hydrogens (tertiary/aromatic N) is 2. The van der Waals surface area contributed by atoms with E-state index < -0.39 is 0 Å². The van der Waals surface area contributed by atoms with Gasteiger partial charge in [-0.25, -0.2) is 4.98 Å². The van der Waals surface area contributed by atoms with Crippen molar-refractivity contribution in [2.75, 3.05) is 19.6 Å². The standard InChI is InChI=1S/C12H21N3S/c1-9(2)12-7-15(5-4-13-12)6-11-8-16-10(3)14-11/h8-9,12-13H,4-7H2,1-3H3. The van der Waals surface area contributed by atoms with Crippen molar-refractivity contribution in [1.82, 2.24) is 15.2 Å². The average Bonchev–Trinajstić information content (AvgIpc) is 2.64. The van der Waals surface area contributed by atoms with Gasteiger partial charge in [0.05, 0.1) is 10.7 Å². The summed E-state index contributed by atoms with van der Waals surface area (Å²) >= 11 is 1.75. The van der Waals surface area contributed by atoms with Crippen LogP contribution in [0.3, 0.4) is 0 Å². The van der Waals surface area contributed by atoms with Gasteiger partial charge in [0.25, 0.3) is 0 Å². The van der Waals surface area contributed by atoms with E-state index >= 15 is 0 Å². The molecule has 16 heavy (non-hydrogen) atoms. The number of piperazine rings is 1. The maximum absolute atomic E-state index is 4.53. The first-order chi connectivity index (χ1) is 7.65. The highest BCUT2D eigenvalue weighted by Gasteiger charge is 2.21. The van der Waals surface area contributed by atoms with Crippen LogP contribution >= 0.6 is 11.3 Å². The van der Waals surface area contributed by atoms with Crippen LogP contribution in [-0.4, -0.2) is 35.6 Å². The van der Waals surface area contributed by atoms with E-state index in [-0.39, 0.29) is 0 Å². The number of hydrogen-bond donors (Lipinski definition) is 1. The third-order valence-electron chi connectivity index (χ3n) is 3.15. The second-order valence-electron chi connectivity index (χ2n) is 4.90. The van der Waals surface area contributed by atoms with Gasteiger partial charge in [0.2, 0.25) is 0 Å². The van der Waals surface area contributed by atoms with Crippen LogP contribution in [0.4, 0.5) is 0 Å². The van der Waals surface area contributed by atoms with Gasteiger partial charge in [-0.15, -0.1) is 11.3 Å². The molecule has 1 aromatic heterocycles. The van der Waals surface area contributed by atoms with Gasteiger partial charge in [-0.1, -0.05) is 13.8 Å². The maximum atomic E-state index is 4.53. The predicted octanol–water partition coefficient (Wildman–Crippen LogP) is 1.88. The van der Waals surface area contributed by atoms with Crippen LogP contribution in [0.5, 0.6) is 0 Å². The quantitative estimate of drug-likeness (QED) is 0.873. The number of aryl methyl sites for hydroxylation is 1. The lowest BCUT2D eigenvalue weighted by atomic mass is 10.0. The molecule has 0 aromatic carbocycles. The molecule has 1 aliphatic heterocycles. The molecule has 1 aromatic rings. The van der Waals surface area contributed by atoms with Crippen molar-refractivity contribution in [1.29, 1.82) is 0 Å². The first kappa shape index (κ1) is 12.0. The highest BCUT2D eigenvalue weighted by atomic mass is 32.1. The van der Waals surface area contributed by atoms with E-state index in [1.165, 1.54) is 10.7 Å². The van der Waals surface area contributed by atoms with Gasteiger partial charge in [0, 0.05) is 37.6 Å². The van der Waals surface area contributed by atoms with Crippen molar-refractivity contribution in [3.8, 4) is 0 Å². The van der Waals surface area contributed by atoms with Gasteiger partial charge in [-0.2, -0.15) is 0 Å². The second-order valence-corrected chi connectivity index (χ2v) is 5.96. The van der Waals surface area contributed by atoms with E-state index in [0.29, 0.717) is 12.0 Å². The molecule has 90 valence electrons. The lowest BCUT2D eigenvalue weighted by Gasteiger charge is -2.35. The SMILES string of the molecule is Cc1nc(CN2CCNC(C(C)C)C2)cs1. The fourth-order valence-corrected chi connectivity index (χ4v) is 2.75. The van der Waals surface area contributed by atoms with Gasteiger partial charge in [-0.3, -0.25) is 4.90 Å². The maximum Gasteiger partial charge on any atom is 0.0897 e. The molecular formula is C12H21N3S. The predicted molar refractivity (Wildman–Crippen MR) is 68.8 cm³/mol. The fraction of sp³-hybridized carbons (Fsp3) is 0.750. The first-order valence-corrected chi connectivity index (χ1v) is 6.90. The van der Waals surface area contributed by atoms with E-state index in [4.69, 9.17) is 0 Å². The van der Waals surface area contributed by atoms with Gasteiger partial charge in [-0.05, 0) is 12.8 Å². The normalized spacial score (nSPS) is 22.9. The lowest BCUT2D eigenvalue weighted by Crippen LogP contribution is -2.52. The van der Waals surface area contributed by atoms with Crippen molar-refractivity contribution in [2.24, 2.45) is 5.92 Å². The van der Waals surface area contributed by atoms with Gasteiger partial charge < -0.3 is 5.32 Å². The molecule has 0 saturated carbocycles. The Morgan fingerprint density at radius 1 is 1.62 bits per heavy atom. The molecule has 0 spiro atoms. The monoisotopic (exact) mass is 239 g/mol. The number of aromatic nitrogens is 1. The summed E-state index contributed by atoms with van der Waals surface area (Å²) < 4.78 is 0. The molecule has 0 radical (unpaired) electrons. The molecule has 0 bridgehead atoms. The van der Waals surface area contributed by atoms with E-state index in [2.05, 4.69) is 41.4 Å². The molecule has 0 amide bonds. The molecule has 1 saturated heterocycles. The molecule has 2 heterocycles. The smallest absolute Gasteiger partial charge is 0.0897 e. The van der Waals surface area contributed by atoms with Crippen LogP contribution in [0.2, 0.25) is 0 Å². The van der Waals surface area contributed by atoms with Gasteiger partial charge in [0.1, 0.15) is 0 Å². The molecule has 0 aliphatic carbocycles. The summed E-state index contributed by atoms with van der Waals surface area (Å²) in [6.07, 6.45) is 0. The third kappa shape index (κ3) is 3.03. The Kier molecular flexibility index (Phi) is 3.95.